The summed E-state index contributed by atoms with van der Waals surface area (Å²) >= 11 is 0. The molecule has 0 bridgehead atoms. The third kappa shape index (κ3) is 3.91. The number of hydrogen-bond acceptors (Lipinski definition) is 5. The van der Waals surface area contributed by atoms with E-state index in [1.54, 1.807) is 17.0 Å². The van der Waals surface area contributed by atoms with Crippen molar-refractivity contribution in [2.24, 2.45) is 0 Å². The summed E-state index contributed by atoms with van der Waals surface area (Å²) in [5.74, 6) is 0.289. The first-order chi connectivity index (χ1) is 13.6. The third-order valence-corrected chi connectivity index (χ3v) is 5.12. The number of esters is 1. The van der Waals surface area contributed by atoms with Crippen LogP contribution >= 0.6 is 0 Å². The first-order valence-corrected chi connectivity index (χ1v) is 9.47. The standard InChI is InChI=1S/C22H22N2O4/c1-15-6-8-17(9-7-15)22(26)27-14-20(25)24-12-10-16(11-13-24)21-23-18-4-2-3-5-19(18)28-21/h2-9,16H,10-14H2,1H3. The summed E-state index contributed by atoms with van der Waals surface area (Å²) in [5, 5.41) is 0. The summed E-state index contributed by atoms with van der Waals surface area (Å²) < 4.78 is 11.0. The van der Waals surface area contributed by atoms with Gasteiger partial charge in [0.2, 0.25) is 0 Å². The van der Waals surface area contributed by atoms with Gasteiger partial charge in [-0.15, -0.1) is 0 Å². The fraction of sp³-hybridized carbons (Fsp3) is 0.318. The Hall–Kier alpha value is -3.15. The molecule has 3 aromatic rings. The summed E-state index contributed by atoms with van der Waals surface area (Å²) in [6, 6.07) is 14.8. The minimum absolute atomic E-state index is 0.170. The predicted octanol–water partition coefficient (Wildman–Crippen LogP) is 3.70. The number of rotatable bonds is 4. The Kier molecular flexibility index (Phi) is 5.10. The number of para-hydroxylation sites is 2. The highest BCUT2D eigenvalue weighted by molar-refractivity contribution is 5.91. The molecule has 6 nitrogen and oxygen atoms in total. The Morgan fingerprint density at radius 2 is 1.82 bits per heavy atom. The molecule has 0 aliphatic carbocycles. The summed E-state index contributed by atoms with van der Waals surface area (Å²) in [5.41, 5.74) is 3.17. The van der Waals surface area contributed by atoms with Crippen LogP contribution in [0.3, 0.4) is 0 Å². The third-order valence-electron chi connectivity index (χ3n) is 5.12. The Balaban J connectivity index is 1.29. The van der Waals surface area contributed by atoms with Crippen molar-refractivity contribution >= 4 is 23.0 Å². The molecule has 0 unspecified atom stereocenters. The van der Waals surface area contributed by atoms with Crippen LogP contribution in [0.15, 0.2) is 52.9 Å². The van der Waals surface area contributed by atoms with Crippen LogP contribution < -0.4 is 0 Å². The number of aromatic nitrogens is 1. The van der Waals surface area contributed by atoms with Gasteiger partial charge in [-0.1, -0.05) is 29.8 Å². The average molecular weight is 378 g/mol. The topological polar surface area (TPSA) is 72.6 Å². The van der Waals surface area contributed by atoms with E-state index in [1.165, 1.54) is 0 Å². The lowest BCUT2D eigenvalue weighted by Gasteiger charge is -2.30. The highest BCUT2D eigenvalue weighted by Crippen LogP contribution is 2.29. The molecule has 0 spiro atoms. The summed E-state index contributed by atoms with van der Waals surface area (Å²) in [6.07, 6.45) is 1.56. The van der Waals surface area contributed by atoms with Crippen LogP contribution in [-0.4, -0.2) is 41.5 Å². The zero-order valence-corrected chi connectivity index (χ0v) is 15.8. The quantitative estimate of drug-likeness (QED) is 0.647. The Bertz CT molecular complexity index is 952. The number of likely N-dealkylation sites (tertiary alicyclic amines) is 1. The van der Waals surface area contributed by atoms with Crippen LogP contribution in [0.4, 0.5) is 0 Å². The number of oxazole rings is 1. The van der Waals surface area contributed by atoms with E-state index >= 15 is 0 Å². The number of carbonyl (C=O) groups is 2. The van der Waals surface area contributed by atoms with E-state index in [0.717, 1.165) is 35.4 Å². The van der Waals surface area contributed by atoms with E-state index in [2.05, 4.69) is 4.98 Å². The number of fused-ring (bicyclic) bond motifs is 1. The molecule has 1 saturated heterocycles. The lowest BCUT2D eigenvalue weighted by Crippen LogP contribution is -2.40. The predicted molar refractivity (Wildman–Crippen MR) is 104 cm³/mol. The van der Waals surface area contributed by atoms with E-state index < -0.39 is 5.97 Å². The molecule has 1 aliphatic rings. The van der Waals surface area contributed by atoms with Crippen molar-refractivity contribution in [3.05, 3.63) is 65.5 Å². The molecule has 4 rings (SSSR count). The molecule has 1 fully saturated rings. The SMILES string of the molecule is Cc1ccc(C(=O)OCC(=O)N2CCC(c3nc4ccccc4o3)CC2)cc1. The van der Waals surface area contributed by atoms with Crippen molar-refractivity contribution in [2.45, 2.75) is 25.7 Å². The number of amides is 1. The molecule has 1 aliphatic heterocycles. The molecule has 28 heavy (non-hydrogen) atoms. The summed E-state index contributed by atoms with van der Waals surface area (Å²) in [6.45, 7) is 2.91. The molecule has 144 valence electrons. The fourth-order valence-electron chi connectivity index (χ4n) is 3.43. The van der Waals surface area contributed by atoms with E-state index in [4.69, 9.17) is 9.15 Å². The normalized spacial score (nSPS) is 15.0. The van der Waals surface area contributed by atoms with Gasteiger partial charge in [-0.25, -0.2) is 9.78 Å². The minimum Gasteiger partial charge on any atom is -0.452 e. The molecule has 6 heteroatoms. The fourth-order valence-corrected chi connectivity index (χ4v) is 3.43. The zero-order chi connectivity index (χ0) is 19.5. The number of carbonyl (C=O) groups excluding carboxylic acids is 2. The number of ether oxygens (including phenoxy) is 1. The van der Waals surface area contributed by atoms with Crippen molar-refractivity contribution < 1.29 is 18.7 Å². The first-order valence-electron chi connectivity index (χ1n) is 9.47. The largest absolute Gasteiger partial charge is 0.452 e. The van der Waals surface area contributed by atoms with Gasteiger partial charge in [-0.2, -0.15) is 0 Å². The monoisotopic (exact) mass is 378 g/mol. The van der Waals surface area contributed by atoms with Crippen LogP contribution in [0.2, 0.25) is 0 Å². The second kappa shape index (κ2) is 7.84. The Morgan fingerprint density at radius 1 is 1.11 bits per heavy atom. The smallest absolute Gasteiger partial charge is 0.338 e. The van der Waals surface area contributed by atoms with Gasteiger partial charge in [0.15, 0.2) is 18.1 Å². The second-order valence-electron chi connectivity index (χ2n) is 7.12. The van der Waals surface area contributed by atoms with Crippen molar-refractivity contribution in [1.82, 2.24) is 9.88 Å². The van der Waals surface area contributed by atoms with E-state index in [0.29, 0.717) is 18.7 Å². The van der Waals surface area contributed by atoms with Gasteiger partial charge in [-0.05, 0) is 44.0 Å². The average Bonchev–Trinajstić information content (AvgIpc) is 3.16. The van der Waals surface area contributed by atoms with Crippen LogP contribution in [0.25, 0.3) is 11.1 Å². The number of benzene rings is 2. The Morgan fingerprint density at radius 3 is 2.54 bits per heavy atom. The lowest BCUT2D eigenvalue weighted by molar-refractivity contribution is -0.135. The van der Waals surface area contributed by atoms with Crippen LogP contribution in [0.5, 0.6) is 0 Å². The van der Waals surface area contributed by atoms with Gasteiger partial charge in [0, 0.05) is 19.0 Å². The first kappa shape index (κ1) is 18.2. The van der Waals surface area contributed by atoms with E-state index in [-0.39, 0.29) is 18.4 Å². The molecule has 0 N–H and O–H groups in total. The zero-order valence-electron chi connectivity index (χ0n) is 15.8. The van der Waals surface area contributed by atoms with Crippen molar-refractivity contribution in [3.8, 4) is 0 Å². The van der Waals surface area contributed by atoms with Gasteiger partial charge in [0.25, 0.3) is 5.91 Å². The molecule has 2 aromatic carbocycles. The van der Waals surface area contributed by atoms with Crippen molar-refractivity contribution in [2.75, 3.05) is 19.7 Å². The number of nitrogens with zero attached hydrogens (tertiary/aromatic N) is 2. The van der Waals surface area contributed by atoms with Gasteiger partial charge in [-0.3, -0.25) is 4.79 Å². The van der Waals surface area contributed by atoms with Crippen molar-refractivity contribution in [3.63, 3.8) is 0 Å². The van der Waals surface area contributed by atoms with E-state index in [9.17, 15) is 9.59 Å². The molecular formula is C22H22N2O4. The summed E-state index contributed by atoms with van der Waals surface area (Å²) in [7, 11) is 0. The number of aryl methyl sites for hydroxylation is 1. The maximum absolute atomic E-state index is 12.4. The van der Waals surface area contributed by atoms with Crippen LogP contribution in [0.1, 0.15) is 40.6 Å². The molecule has 0 saturated carbocycles. The molecule has 2 heterocycles. The van der Waals surface area contributed by atoms with Gasteiger partial charge in [0.05, 0.1) is 5.56 Å². The molecule has 1 amide bonds. The maximum atomic E-state index is 12.4. The summed E-state index contributed by atoms with van der Waals surface area (Å²) in [4.78, 5) is 30.7. The Labute approximate surface area is 163 Å². The number of piperidine rings is 1. The highest BCUT2D eigenvalue weighted by atomic mass is 16.5. The molecular weight excluding hydrogens is 356 g/mol. The maximum Gasteiger partial charge on any atom is 0.338 e. The molecule has 0 atom stereocenters. The number of hydrogen-bond donors (Lipinski definition) is 0. The molecule has 0 radical (unpaired) electrons. The van der Waals surface area contributed by atoms with E-state index in [1.807, 2.05) is 43.3 Å². The van der Waals surface area contributed by atoms with Gasteiger partial charge >= 0.3 is 5.97 Å². The minimum atomic E-state index is -0.477. The molecule has 1 aromatic heterocycles. The lowest BCUT2D eigenvalue weighted by atomic mass is 9.97. The van der Waals surface area contributed by atoms with Gasteiger partial charge in [0.1, 0.15) is 5.52 Å². The van der Waals surface area contributed by atoms with Crippen LogP contribution in [-0.2, 0) is 9.53 Å². The van der Waals surface area contributed by atoms with Crippen molar-refractivity contribution in [1.29, 1.82) is 0 Å². The van der Waals surface area contributed by atoms with Gasteiger partial charge < -0.3 is 14.1 Å². The second-order valence-corrected chi connectivity index (χ2v) is 7.12. The highest BCUT2D eigenvalue weighted by Gasteiger charge is 2.27. The van der Waals surface area contributed by atoms with Crippen LogP contribution in [0, 0.1) is 6.92 Å².